The van der Waals surface area contributed by atoms with E-state index in [4.69, 9.17) is 9.47 Å². The summed E-state index contributed by atoms with van der Waals surface area (Å²) in [4.78, 5) is 24.6. The number of carbonyl (C=O) groups is 2. The van der Waals surface area contributed by atoms with E-state index >= 15 is 0 Å². The summed E-state index contributed by atoms with van der Waals surface area (Å²) >= 11 is 0. The molecular weight excluding hydrogens is 296 g/mol. The van der Waals surface area contributed by atoms with Crippen LogP contribution >= 0.6 is 0 Å². The maximum atomic E-state index is 12.3. The van der Waals surface area contributed by atoms with Gasteiger partial charge in [-0.1, -0.05) is 37.0 Å². The molecule has 0 radical (unpaired) electrons. The normalized spacial score (nSPS) is 16.1. The van der Waals surface area contributed by atoms with Crippen molar-refractivity contribution in [2.75, 3.05) is 14.2 Å². The highest BCUT2D eigenvalue weighted by molar-refractivity contribution is 6.88. The number of ether oxygens (including phenoxy) is 2. The van der Waals surface area contributed by atoms with Crippen LogP contribution in [0.1, 0.15) is 16.7 Å². The zero-order valence-electron chi connectivity index (χ0n) is 14.2. The molecular formula is C17H24O4Si. The van der Waals surface area contributed by atoms with Crippen LogP contribution in [-0.2, 0) is 31.9 Å². The van der Waals surface area contributed by atoms with Crippen molar-refractivity contribution in [1.29, 1.82) is 0 Å². The summed E-state index contributed by atoms with van der Waals surface area (Å²) in [7, 11) is 1.17. The molecule has 1 aromatic rings. The van der Waals surface area contributed by atoms with Crippen molar-refractivity contribution in [3.8, 4) is 0 Å². The Balaban J connectivity index is 2.54. The van der Waals surface area contributed by atoms with Gasteiger partial charge in [0.15, 0.2) is 5.41 Å². The Morgan fingerprint density at radius 2 is 1.59 bits per heavy atom. The van der Waals surface area contributed by atoms with Crippen molar-refractivity contribution < 1.29 is 19.1 Å². The Morgan fingerprint density at radius 3 is 2.05 bits per heavy atom. The summed E-state index contributed by atoms with van der Waals surface area (Å²) in [6, 6.07) is 4.37. The zero-order chi connectivity index (χ0) is 16.7. The second-order valence-electron chi connectivity index (χ2n) is 7.10. The fourth-order valence-electron chi connectivity index (χ4n) is 3.19. The SMILES string of the molecule is COC(=O)C1(C(=O)OC)Cc2cc([Si](C)(C)C)cc(C)c2C1. The number of rotatable bonds is 3. The van der Waals surface area contributed by atoms with E-state index in [2.05, 4.69) is 31.8 Å². The van der Waals surface area contributed by atoms with Gasteiger partial charge in [-0.3, -0.25) is 9.59 Å². The maximum absolute atomic E-state index is 12.3. The fourth-order valence-corrected chi connectivity index (χ4v) is 4.44. The Labute approximate surface area is 132 Å². The summed E-state index contributed by atoms with van der Waals surface area (Å²) in [6.45, 7) is 8.91. The Hall–Kier alpha value is -1.62. The molecule has 1 aliphatic carbocycles. The maximum Gasteiger partial charge on any atom is 0.323 e. The van der Waals surface area contributed by atoms with E-state index in [9.17, 15) is 9.59 Å². The van der Waals surface area contributed by atoms with Gasteiger partial charge in [-0.15, -0.1) is 0 Å². The van der Waals surface area contributed by atoms with E-state index < -0.39 is 25.4 Å². The van der Waals surface area contributed by atoms with Gasteiger partial charge in [0.25, 0.3) is 0 Å². The van der Waals surface area contributed by atoms with E-state index in [0.29, 0.717) is 12.8 Å². The Morgan fingerprint density at radius 1 is 1.05 bits per heavy atom. The van der Waals surface area contributed by atoms with E-state index in [1.165, 1.54) is 19.4 Å². The van der Waals surface area contributed by atoms with Gasteiger partial charge in [0.2, 0.25) is 0 Å². The Bertz CT molecular complexity index is 612. The number of benzene rings is 1. The molecule has 0 amide bonds. The summed E-state index contributed by atoms with van der Waals surface area (Å²) < 4.78 is 9.80. The molecule has 0 atom stereocenters. The van der Waals surface area contributed by atoms with Crippen LogP contribution in [0, 0.1) is 12.3 Å². The molecule has 0 heterocycles. The molecule has 0 spiro atoms. The third kappa shape index (κ3) is 2.58. The van der Waals surface area contributed by atoms with E-state index in [1.807, 2.05) is 6.92 Å². The number of fused-ring (bicyclic) bond motifs is 1. The molecule has 120 valence electrons. The largest absolute Gasteiger partial charge is 0.468 e. The number of methoxy groups -OCH3 is 2. The third-order valence-corrected chi connectivity index (χ3v) is 6.58. The lowest BCUT2D eigenvalue weighted by atomic mass is 9.84. The van der Waals surface area contributed by atoms with Crippen molar-refractivity contribution in [2.45, 2.75) is 39.4 Å². The first-order valence-corrected chi connectivity index (χ1v) is 11.0. The van der Waals surface area contributed by atoms with Gasteiger partial charge in [0, 0.05) is 6.42 Å². The van der Waals surface area contributed by atoms with Crippen molar-refractivity contribution in [3.05, 3.63) is 28.8 Å². The van der Waals surface area contributed by atoms with Crippen molar-refractivity contribution in [1.82, 2.24) is 0 Å². The second-order valence-corrected chi connectivity index (χ2v) is 12.2. The van der Waals surface area contributed by atoms with Gasteiger partial charge in [0.05, 0.1) is 22.3 Å². The number of hydrogen-bond donors (Lipinski definition) is 0. The third-order valence-electron chi connectivity index (χ3n) is 4.55. The second kappa shape index (κ2) is 5.54. The molecule has 5 heteroatoms. The lowest BCUT2D eigenvalue weighted by Gasteiger charge is -2.22. The fraction of sp³-hybridized carbons (Fsp3) is 0.529. The number of hydrogen-bond acceptors (Lipinski definition) is 4. The monoisotopic (exact) mass is 320 g/mol. The summed E-state index contributed by atoms with van der Waals surface area (Å²) in [5.74, 6) is -1.02. The minimum absolute atomic E-state index is 0.361. The lowest BCUT2D eigenvalue weighted by molar-refractivity contribution is -0.168. The molecule has 0 bridgehead atoms. The minimum atomic E-state index is -1.46. The van der Waals surface area contributed by atoms with Crippen LogP contribution in [0.3, 0.4) is 0 Å². The molecule has 0 unspecified atom stereocenters. The topological polar surface area (TPSA) is 52.6 Å². The predicted molar refractivity (Wildman–Crippen MR) is 88.0 cm³/mol. The van der Waals surface area contributed by atoms with E-state index in [1.54, 1.807) is 0 Å². The van der Waals surface area contributed by atoms with Gasteiger partial charge in [-0.25, -0.2) is 0 Å². The molecule has 0 saturated heterocycles. The molecule has 0 saturated carbocycles. The summed E-state index contributed by atoms with van der Waals surface area (Å²) in [5, 5.41) is 1.34. The molecule has 2 rings (SSSR count). The molecule has 22 heavy (non-hydrogen) atoms. The summed E-state index contributed by atoms with van der Waals surface area (Å²) in [6.07, 6.45) is 0.723. The van der Waals surface area contributed by atoms with Crippen LogP contribution in [0.4, 0.5) is 0 Å². The van der Waals surface area contributed by atoms with Gasteiger partial charge < -0.3 is 9.47 Å². The molecule has 0 aliphatic heterocycles. The average molecular weight is 320 g/mol. The van der Waals surface area contributed by atoms with Gasteiger partial charge in [-0.05, 0) is 30.0 Å². The van der Waals surface area contributed by atoms with Crippen molar-refractivity contribution in [3.63, 3.8) is 0 Å². The highest BCUT2D eigenvalue weighted by atomic mass is 28.3. The number of esters is 2. The standard InChI is InChI=1S/C17H24O4Si/c1-11-7-13(22(4,5)6)8-12-9-17(10-14(11)12,15(18)20-2)16(19)21-3/h7-8H,9-10H2,1-6H3. The first-order valence-electron chi connectivity index (χ1n) is 7.45. The lowest BCUT2D eigenvalue weighted by Crippen LogP contribution is -2.42. The van der Waals surface area contributed by atoms with Crippen LogP contribution in [0.25, 0.3) is 0 Å². The highest BCUT2D eigenvalue weighted by Crippen LogP contribution is 2.40. The molecule has 0 fully saturated rings. The quantitative estimate of drug-likeness (QED) is 0.485. The van der Waals surface area contributed by atoms with Crippen LogP contribution in [0.15, 0.2) is 12.1 Å². The van der Waals surface area contributed by atoms with Crippen LogP contribution < -0.4 is 5.19 Å². The summed E-state index contributed by atoms with van der Waals surface area (Å²) in [5.41, 5.74) is 2.07. The van der Waals surface area contributed by atoms with E-state index in [0.717, 1.165) is 16.7 Å². The highest BCUT2D eigenvalue weighted by Gasteiger charge is 2.53. The number of aryl methyl sites for hydroxylation is 1. The average Bonchev–Trinajstić information content (AvgIpc) is 2.86. The molecule has 4 nitrogen and oxygen atoms in total. The van der Waals surface area contributed by atoms with Crippen LogP contribution in [0.2, 0.25) is 19.6 Å². The smallest absolute Gasteiger partial charge is 0.323 e. The predicted octanol–water partition coefficient (Wildman–Crippen LogP) is 1.97. The van der Waals surface area contributed by atoms with E-state index in [-0.39, 0.29) is 0 Å². The Kier molecular flexibility index (Phi) is 4.21. The zero-order valence-corrected chi connectivity index (χ0v) is 15.2. The molecule has 1 aliphatic rings. The van der Waals surface area contributed by atoms with Gasteiger partial charge in [-0.2, -0.15) is 0 Å². The van der Waals surface area contributed by atoms with Crippen molar-refractivity contribution in [2.24, 2.45) is 5.41 Å². The van der Waals surface area contributed by atoms with Gasteiger partial charge >= 0.3 is 11.9 Å². The van der Waals surface area contributed by atoms with Crippen LogP contribution in [-0.4, -0.2) is 34.2 Å². The molecule has 0 N–H and O–H groups in total. The first-order chi connectivity index (χ1) is 10.2. The molecule has 0 aromatic heterocycles. The van der Waals surface area contributed by atoms with Crippen LogP contribution in [0.5, 0.6) is 0 Å². The van der Waals surface area contributed by atoms with Gasteiger partial charge in [0.1, 0.15) is 0 Å². The number of carbonyl (C=O) groups excluding carboxylic acids is 2. The van der Waals surface area contributed by atoms with Crippen molar-refractivity contribution >= 4 is 25.2 Å². The molecule has 1 aromatic carbocycles. The first kappa shape index (κ1) is 16.7. The minimum Gasteiger partial charge on any atom is -0.468 e.